The summed E-state index contributed by atoms with van der Waals surface area (Å²) in [6, 6.07) is 3.43. The highest BCUT2D eigenvalue weighted by Crippen LogP contribution is 2.27. The Labute approximate surface area is 97.9 Å². The Morgan fingerprint density at radius 2 is 2.00 bits per heavy atom. The van der Waals surface area contributed by atoms with Gasteiger partial charge in [-0.05, 0) is 45.2 Å². The summed E-state index contributed by atoms with van der Waals surface area (Å²) in [5.74, 6) is 0. The summed E-state index contributed by atoms with van der Waals surface area (Å²) in [6.07, 6.45) is 2.35. The number of thiophene rings is 1. The Balaban J connectivity index is 2.69. The maximum atomic E-state index is 3.62. The Kier molecular flexibility index (Phi) is 4.81. The van der Waals surface area contributed by atoms with Crippen LogP contribution in [-0.2, 0) is 6.42 Å². The predicted octanol–water partition coefficient (Wildman–Crippen LogP) is 4.07. The van der Waals surface area contributed by atoms with Crippen LogP contribution in [0.4, 0.5) is 0 Å². The van der Waals surface area contributed by atoms with E-state index in [0.29, 0.717) is 12.1 Å². The van der Waals surface area contributed by atoms with Gasteiger partial charge in [-0.15, -0.1) is 11.3 Å². The minimum Gasteiger partial charge on any atom is -0.307 e. The van der Waals surface area contributed by atoms with Crippen LogP contribution in [-0.4, -0.2) is 6.04 Å². The molecular formula is C13H23NS. The summed E-state index contributed by atoms with van der Waals surface area (Å²) in [5.41, 5.74) is 1.45. The molecule has 0 fully saturated rings. The summed E-state index contributed by atoms with van der Waals surface area (Å²) in [7, 11) is 0. The van der Waals surface area contributed by atoms with Crippen molar-refractivity contribution in [3.05, 3.63) is 21.4 Å². The smallest absolute Gasteiger partial charge is 0.0388 e. The third-order valence-corrected chi connectivity index (χ3v) is 4.50. The van der Waals surface area contributed by atoms with E-state index in [-0.39, 0.29) is 0 Å². The summed E-state index contributed by atoms with van der Waals surface area (Å²) < 4.78 is 0. The third kappa shape index (κ3) is 3.32. The second-order valence-electron chi connectivity index (χ2n) is 4.31. The topological polar surface area (TPSA) is 12.0 Å². The number of hydrogen-bond acceptors (Lipinski definition) is 2. The minimum absolute atomic E-state index is 0.490. The van der Waals surface area contributed by atoms with Crippen molar-refractivity contribution >= 4 is 11.3 Å². The maximum Gasteiger partial charge on any atom is 0.0388 e. The average Bonchev–Trinajstić information content (AvgIpc) is 2.59. The lowest BCUT2D eigenvalue weighted by Gasteiger charge is -2.17. The van der Waals surface area contributed by atoms with Gasteiger partial charge in [0.25, 0.3) is 0 Å². The lowest BCUT2D eigenvalue weighted by molar-refractivity contribution is 0.474. The Hall–Kier alpha value is -0.340. The Bertz CT molecular complexity index is 303. The molecule has 0 radical (unpaired) electrons. The molecule has 1 N–H and O–H groups in total. The van der Waals surface area contributed by atoms with E-state index in [1.165, 1.54) is 21.7 Å². The van der Waals surface area contributed by atoms with Gasteiger partial charge in [-0.2, -0.15) is 0 Å². The fourth-order valence-electron chi connectivity index (χ4n) is 1.74. The van der Waals surface area contributed by atoms with Crippen molar-refractivity contribution in [2.24, 2.45) is 0 Å². The van der Waals surface area contributed by atoms with Crippen LogP contribution in [0, 0.1) is 6.92 Å². The van der Waals surface area contributed by atoms with Gasteiger partial charge in [0.2, 0.25) is 0 Å². The van der Waals surface area contributed by atoms with Crippen LogP contribution in [0.2, 0.25) is 0 Å². The van der Waals surface area contributed by atoms with E-state index in [2.05, 4.69) is 46.0 Å². The molecule has 0 saturated carbocycles. The summed E-state index contributed by atoms with van der Waals surface area (Å²) >= 11 is 1.96. The quantitative estimate of drug-likeness (QED) is 0.796. The van der Waals surface area contributed by atoms with Crippen LogP contribution < -0.4 is 5.32 Å². The van der Waals surface area contributed by atoms with Crippen LogP contribution in [0.3, 0.4) is 0 Å². The zero-order valence-electron chi connectivity index (χ0n) is 10.6. The van der Waals surface area contributed by atoms with E-state index in [9.17, 15) is 0 Å². The molecular weight excluding hydrogens is 202 g/mol. The van der Waals surface area contributed by atoms with Crippen LogP contribution in [0.15, 0.2) is 6.07 Å². The number of rotatable bonds is 5. The second kappa shape index (κ2) is 5.66. The number of nitrogens with one attached hydrogen (secondary N) is 1. The zero-order chi connectivity index (χ0) is 11.4. The van der Waals surface area contributed by atoms with Crippen molar-refractivity contribution in [3.63, 3.8) is 0 Å². The SMILES string of the molecule is CCc1sc(C(C)NC(C)CC)cc1C. The predicted molar refractivity (Wildman–Crippen MR) is 69.7 cm³/mol. The van der Waals surface area contributed by atoms with E-state index < -0.39 is 0 Å². The molecule has 0 aliphatic carbocycles. The molecule has 2 unspecified atom stereocenters. The minimum atomic E-state index is 0.490. The van der Waals surface area contributed by atoms with Gasteiger partial charge in [0.1, 0.15) is 0 Å². The van der Waals surface area contributed by atoms with Gasteiger partial charge in [-0.1, -0.05) is 13.8 Å². The van der Waals surface area contributed by atoms with Crippen molar-refractivity contribution in [1.82, 2.24) is 5.32 Å². The summed E-state index contributed by atoms with van der Waals surface area (Å²) in [6.45, 7) is 11.2. The molecule has 1 rings (SSSR count). The van der Waals surface area contributed by atoms with Gasteiger partial charge in [-0.3, -0.25) is 0 Å². The van der Waals surface area contributed by atoms with Crippen LogP contribution >= 0.6 is 11.3 Å². The number of hydrogen-bond donors (Lipinski definition) is 1. The molecule has 1 heterocycles. The highest BCUT2D eigenvalue weighted by Gasteiger charge is 2.12. The van der Waals surface area contributed by atoms with Gasteiger partial charge in [0, 0.05) is 21.8 Å². The second-order valence-corrected chi connectivity index (χ2v) is 5.47. The summed E-state index contributed by atoms with van der Waals surface area (Å²) in [5, 5.41) is 3.62. The van der Waals surface area contributed by atoms with Crippen molar-refractivity contribution in [1.29, 1.82) is 0 Å². The van der Waals surface area contributed by atoms with E-state index in [0.717, 1.165) is 6.42 Å². The van der Waals surface area contributed by atoms with E-state index in [1.807, 2.05) is 11.3 Å². The Morgan fingerprint density at radius 1 is 1.33 bits per heavy atom. The first-order chi connectivity index (χ1) is 7.08. The molecule has 2 heteroatoms. The zero-order valence-corrected chi connectivity index (χ0v) is 11.4. The van der Waals surface area contributed by atoms with E-state index >= 15 is 0 Å². The first kappa shape index (κ1) is 12.7. The van der Waals surface area contributed by atoms with Gasteiger partial charge in [0.15, 0.2) is 0 Å². The largest absolute Gasteiger partial charge is 0.307 e. The van der Waals surface area contributed by atoms with Crippen molar-refractivity contribution in [2.45, 2.75) is 59.5 Å². The fourth-order valence-corrected chi connectivity index (χ4v) is 2.87. The molecule has 0 aromatic carbocycles. The molecule has 2 atom stereocenters. The molecule has 0 bridgehead atoms. The highest BCUT2D eigenvalue weighted by atomic mass is 32.1. The Morgan fingerprint density at radius 3 is 2.47 bits per heavy atom. The third-order valence-electron chi connectivity index (χ3n) is 2.93. The first-order valence-corrected chi connectivity index (χ1v) is 6.75. The van der Waals surface area contributed by atoms with Gasteiger partial charge >= 0.3 is 0 Å². The molecule has 1 aromatic rings. The van der Waals surface area contributed by atoms with E-state index in [4.69, 9.17) is 0 Å². The molecule has 0 saturated heterocycles. The number of aryl methyl sites for hydroxylation is 2. The normalized spacial score (nSPS) is 15.3. The molecule has 1 aromatic heterocycles. The van der Waals surface area contributed by atoms with Gasteiger partial charge in [-0.25, -0.2) is 0 Å². The van der Waals surface area contributed by atoms with Crippen molar-refractivity contribution in [3.8, 4) is 0 Å². The van der Waals surface area contributed by atoms with E-state index in [1.54, 1.807) is 0 Å². The molecule has 0 spiro atoms. The molecule has 1 nitrogen and oxygen atoms in total. The highest BCUT2D eigenvalue weighted by molar-refractivity contribution is 7.12. The van der Waals surface area contributed by atoms with Crippen LogP contribution in [0.25, 0.3) is 0 Å². The first-order valence-electron chi connectivity index (χ1n) is 5.93. The molecule has 0 aliphatic heterocycles. The van der Waals surface area contributed by atoms with Crippen LogP contribution in [0.5, 0.6) is 0 Å². The molecule has 15 heavy (non-hydrogen) atoms. The monoisotopic (exact) mass is 225 g/mol. The van der Waals surface area contributed by atoms with Crippen molar-refractivity contribution in [2.75, 3.05) is 0 Å². The standard InChI is InChI=1S/C13H23NS/c1-6-10(4)14-11(5)13-8-9(3)12(7-2)15-13/h8,10-11,14H,6-7H2,1-5H3. The lowest BCUT2D eigenvalue weighted by Crippen LogP contribution is -2.27. The van der Waals surface area contributed by atoms with Gasteiger partial charge in [0.05, 0.1) is 0 Å². The lowest BCUT2D eigenvalue weighted by atomic mass is 10.1. The fraction of sp³-hybridized carbons (Fsp3) is 0.692. The molecule has 0 aliphatic rings. The summed E-state index contributed by atoms with van der Waals surface area (Å²) in [4.78, 5) is 3.01. The van der Waals surface area contributed by atoms with Crippen LogP contribution in [0.1, 0.15) is 55.5 Å². The van der Waals surface area contributed by atoms with Gasteiger partial charge < -0.3 is 5.32 Å². The maximum absolute atomic E-state index is 3.62. The van der Waals surface area contributed by atoms with Crippen molar-refractivity contribution < 1.29 is 0 Å². The molecule has 0 amide bonds. The molecule has 86 valence electrons. The average molecular weight is 225 g/mol.